The van der Waals surface area contributed by atoms with Gasteiger partial charge in [0.2, 0.25) is 0 Å². The van der Waals surface area contributed by atoms with Crippen molar-refractivity contribution in [2.24, 2.45) is 0 Å². The van der Waals surface area contributed by atoms with E-state index >= 15 is 0 Å². The molecule has 1 aliphatic heterocycles. The van der Waals surface area contributed by atoms with Gasteiger partial charge in [-0.1, -0.05) is 18.2 Å². The van der Waals surface area contributed by atoms with Crippen molar-refractivity contribution < 1.29 is 22.4 Å². The number of rotatable bonds is 4. The Morgan fingerprint density at radius 2 is 1.79 bits per heavy atom. The smallest absolute Gasteiger partial charge is 0.363 e. The predicted molar refractivity (Wildman–Crippen MR) is 129 cm³/mol. The summed E-state index contributed by atoms with van der Waals surface area (Å²) in [7, 11) is -1.37. The van der Waals surface area contributed by atoms with Crippen LogP contribution in [0.15, 0.2) is 42.6 Å². The number of benzene rings is 2. The number of nitriles is 1. The van der Waals surface area contributed by atoms with Crippen molar-refractivity contribution in [2.75, 3.05) is 14.2 Å². The van der Waals surface area contributed by atoms with Crippen LogP contribution in [-0.2, 0) is 16.7 Å². The number of hydrogen-bond donors (Lipinski definition) is 1. The normalized spacial score (nSPS) is 15.0. The van der Waals surface area contributed by atoms with Crippen molar-refractivity contribution in [3.63, 3.8) is 0 Å². The minimum absolute atomic E-state index is 0.0522. The molecule has 8 nitrogen and oxygen atoms in total. The minimum Gasteiger partial charge on any atom is -0.493 e. The summed E-state index contributed by atoms with van der Waals surface area (Å²) in [6.45, 7) is 4.02. The summed E-state index contributed by atoms with van der Waals surface area (Å²) in [6.07, 6.45) is 2.12. The molecule has 0 spiro atoms. The molecular formula is C25H23N3O5S. The number of nitrogens with zero attached hydrogens (tertiary/aromatic N) is 3. The van der Waals surface area contributed by atoms with E-state index in [2.05, 4.69) is 17.6 Å². The lowest BCUT2D eigenvalue weighted by atomic mass is 9.91. The quantitative estimate of drug-likeness (QED) is 0.426. The lowest BCUT2D eigenvalue weighted by Gasteiger charge is -2.28. The maximum Gasteiger partial charge on any atom is 0.363 e. The SMILES string of the molecule is COc1cc2c(cc1OC)-c1c(C#N)c(-c3cn(S(=O)(=O)O)c4ccccc34)c(C)n1C(C)C2. The lowest BCUT2D eigenvalue weighted by Crippen LogP contribution is -2.17. The zero-order valence-corrected chi connectivity index (χ0v) is 20.0. The Hall–Kier alpha value is -3.74. The van der Waals surface area contributed by atoms with E-state index in [0.29, 0.717) is 39.1 Å². The van der Waals surface area contributed by atoms with Crippen molar-refractivity contribution in [3.8, 4) is 40.0 Å². The summed E-state index contributed by atoms with van der Waals surface area (Å²) in [5, 5.41) is 11.0. The maximum absolute atomic E-state index is 12.1. The highest BCUT2D eigenvalue weighted by Gasteiger charge is 2.33. The van der Waals surface area contributed by atoms with Crippen LogP contribution in [0, 0.1) is 18.3 Å². The summed E-state index contributed by atoms with van der Waals surface area (Å²) in [6, 6.07) is 13.2. The molecule has 2 aromatic heterocycles. The molecule has 4 aromatic rings. The first kappa shape index (κ1) is 22.1. The Bertz CT molecular complexity index is 1620. The molecule has 0 bridgehead atoms. The average Bonchev–Trinajstić information content (AvgIpc) is 3.34. The third-order valence-electron chi connectivity index (χ3n) is 6.58. The van der Waals surface area contributed by atoms with Crippen LogP contribution in [-0.4, -0.2) is 35.7 Å². The molecule has 5 rings (SSSR count). The molecule has 0 amide bonds. The Kier molecular flexibility index (Phi) is 4.97. The topological polar surface area (TPSA) is 106 Å². The summed E-state index contributed by atoms with van der Waals surface area (Å²) in [5.41, 5.74) is 5.51. The third kappa shape index (κ3) is 3.03. The fourth-order valence-electron chi connectivity index (χ4n) is 5.22. The molecule has 0 aliphatic carbocycles. The second-order valence-corrected chi connectivity index (χ2v) is 9.71. The van der Waals surface area contributed by atoms with Crippen LogP contribution < -0.4 is 9.47 Å². The molecule has 1 atom stereocenters. The summed E-state index contributed by atoms with van der Waals surface area (Å²) in [4.78, 5) is 0. The van der Waals surface area contributed by atoms with Gasteiger partial charge in [-0.15, -0.1) is 0 Å². The van der Waals surface area contributed by atoms with Gasteiger partial charge < -0.3 is 14.0 Å². The Labute approximate surface area is 197 Å². The van der Waals surface area contributed by atoms with Crippen LogP contribution in [0.4, 0.5) is 0 Å². The Balaban J connectivity index is 1.88. The van der Waals surface area contributed by atoms with Crippen LogP contribution in [0.2, 0.25) is 0 Å². The van der Waals surface area contributed by atoms with E-state index < -0.39 is 10.3 Å². The Morgan fingerprint density at radius 1 is 1.12 bits per heavy atom. The molecule has 34 heavy (non-hydrogen) atoms. The van der Waals surface area contributed by atoms with E-state index in [0.717, 1.165) is 32.9 Å². The molecule has 2 aromatic carbocycles. The first-order valence-corrected chi connectivity index (χ1v) is 12.1. The van der Waals surface area contributed by atoms with E-state index in [9.17, 15) is 18.2 Å². The minimum atomic E-state index is -4.53. The number of hydrogen-bond acceptors (Lipinski definition) is 5. The molecule has 0 saturated heterocycles. The van der Waals surface area contributed by atoms with Gasteiger partial charge >= 0.3 is 10.3 Å². The second kappa shape index (κ2) is 7.65. The van der Waals surface area contributed by atoms with Gasteiger partial charge in [-0.2, -0.15) is 13.7 Å². The zero-order valence-electron chi connectivity index (χ0n) is 19.2. The molecule has 0 fully saturated rings. The van der Waals surface area contributed by atoms with Gasteiger partial charge in [0.15, 0.2) is 11.5 Å². The maximum atomic E-state index is 12.1. The molecule has 0 saturated carbocycles. The van der Waals surface area contributed by atoms with Crippen LogP contribution in [0.1, 0.15) is 29.8 Å². The van der Waals surface area contributed by atoms with Crippen molar-refractivity contribution in [1.29, 1.82) is 5.26 Å². The van der Waals surface area contributed by atoms with Gasteiger partial charge in [-0.05, 0) is 44.0 Å². The predicted octanol–water partition coefficient (Wildman–Crippen LogP) is 4.74. The summed E-state index contributed by atoms with van der Waals surface area (Å²) in [5.74, 6) is 1.19. The number of aromatic nitrogens is 2. The number of ether oxygens (including phenoxy) is 2. The van der Waals surface area contributed by atoms with E-state index in [-0.39, 0.29) is 6.04 Å². The van der Waals surface area contributed by atoms with E-state index in [4.69, 9.17) is 9.47 Å². The number of methoxy groups -OCH3 is 2. The van der Waals surface area contributed by atoms with Gasteiger partial charge in [0.05, 0.1) is 31.0 Å². The first-order chi connectivity index (χ1) is 16.2. The molecular weight excluding hydrogens is 454 g/mol. The highest BCUT2D eigenvalue weighted by atomic mass is 32.2. The van der Waals surface area contributed by atoms with Crippen molar-refractivity contribution in [3.05, 3.63) is 59.4 Å². The summed E-state index contributed by atoms with van der Waals surface area (Å²) >= 11 is 0. The standard InChI is InChI=1S/C25H23N3O5S/c1-14-9-16-10-22(32-3)23(33-4)11-18(16)25-19(12-26)24(15(2)28(14)25)20-13-27(34(29,30)31)21-8-6-5-7-17(20)21/h5-8,10-11,13-14H,9H2,1-4H3,(H,29,30,31). The van der Waals surface area contributed by atoms with Gasteiger partial charge in [-0.25, -0.2) is 3.97 Å². The third-order valence-corrected chi connectivity index (χ3v) is 7.38. The lowest BCUT2D eigenvalue weighted by molar-refractivity contribution is 0.354. The van der Waals surface area contributed by atoms with Gasteiger partial charge in [0.25, 0.3) is 0 Å². The molecule has 1 aliphatic rings. The molecule has 174 valence electrons. The van der Waals surface area contributed by atoms with Crippen molar-refractivity contribution >= 4 is 21.2 Å². The van der Waals surface area contributed by atoms with Crippen LogP contribution >= 0.6 is 0 Å². The molecule has 1 unspecified atom stereocenters. The molecule has 1 N–H and O–H groups in total. The van der Waals surface area contributed by atoms with E-state index in [1.807, 2.05) is 19.1 Å². The fourth-order valence-corrected chi connectivity index (χ4v) is 5.87. The second-order valence-electron chi connectivity index (χ2n) is 8.42. The van der Waals surface area contributed by atoms with Crippen LogP contribution in [0.3, 0.4) is 0 Å². The first-order valence-electron chi connectivity index (χ1n) is 10.7. The highest BCUT2D eigenvalue weighted by Crippen LogP contribution is 2.48. The fraction of sp³-hybridized carbons (Fsp3) is 0.240. The van der Waals surface area contributed by atoms with E-state index in [1.165, 1.54) is 6.20 Å². The Morgan fingerprint density at radius 3 is 2.44 bits per heavy atom. The molecule has 0 radical (unpaired) electrons. The van der Waals surface area contributed by atoms with Crippen molar-refractivity contribution in [2.45, 2.75) is 26.3 Å². The zero-order chi connectivity index (χ0) is 24.4. The van der Waals surface area contributed by atoms with E-state index in [1.54, 1.807) is 38.5 Å². The highest BCUT2D eigenvalue weighted by molar-refractivity contribution is 7.84. The molecule has 9 heteroatoms. The summed E-state index contributed by atoms with van der Waals surface area (Å²) < 4.78 is 48.0. The van der Waals surface area contributed by atoms with Crippen LogP contribution in [0.25, 0.3) is 33.3 Å². The monoisotopic (exact) mass is 477 g/mol. The largest absolute Gasteiger partial charge is 0.493 e. The number of para-hydroxylation sites is 1. The van der Waals surface area contributed by atoms with Gasteiger partial charge in [-0.3, -0.25) is 4.55 Å². The van der Waals surface area contributed by atoms with Gasteiger partial charge in [0, 0.05) is 40.0 Å². The number of fused-ring (bicyclic) bond motifs is 4. The molecule has 3 heterocycles. The van der Waals surface area contributed by atoms with Crippen LogP contribution in [0.5, 0.6) is 11.5 Å². The van der Waals surface area contributed by atoms with Crippen molar-refractivity contribution in [1.82, 2.24) is 8.54 Å². The average molecular weight is 478 g/mol. The van der Waals surface area contributed by atoms with Gasteiger partial charge in [0.1, 0.15) is 6.07 Å².